The van der Waals surface area contributed by atoms with Gasteiger partial charge in [-0.15, -0.1) is 0 Å². The number of carbonyl (C=O) groups is 5. The van der Waals surface area contributed by atoms with Crippen LogP contribution in [0.25, 0.3) is 11.1 Å². The number of methoxy groups -OCH3 is 1. The summed E-state index contributed by atoms with van der Waals surface area (Å²) in [6.07, 6.45) is -18.5. The number of nitrogens with zero attached hydrogens (tertiary/aromatic N) is 1. The Hall–Kier alpha value is -6.77. The third kappa shape index (κ3) is 8.90. The van der Waals surface area contributed by atoms with Crippen LogP contribution in [0.4, 0.5) is 4.79 Å². The lowest BCUT2D eigenvalue weighted by atomic mass is 9.74. The van der Waals surface area contributed by atoms with Crippen molar-refractivity contribution in [3.63, 3.8) is 0 Å². The normalized spacial score (nSPS) is 27.0. The number of phenolic OH excluding ortho intramolecular Hbond substituents is 3. The Morgan fingerprint density at radius 2 is 1.49 bits per heavy atom. The first-order chi connectivity index (χ1) is 33.7. The Kier molecular flexibility index (Phi) is 14.1. The number of hydrogen-bond donors (Lipinski definition) is 11. The zero-order valence-electron chi connectivity index (χ0n) is 38.2. The van der Waals surface area contributed by atoms with E-state index >= 15 is 0 Å². The van der Waals surface area contributed by atoms with E-state index in [0.717, 1.165) is 23.1 Å². The average Bonchev–Trinajstić information content (AvgIpc) is 3.33. The quantitative estimate of drug-likeness (QED) is 0.0806. The number of hydrogen-bond acceptors (Lipinski definition) is 20. The minimum absolute atomic E-state index is 0.0238. The van der Waals surface area contributed by atoms with E-state index in [0.29, 0.717) is 5.56 Å². The molecule has 0 radical (unpaired) electrons. The molecule has 4 aromatic rings. The highest BCUT2D eigenvalue weighted by atomic mass is 16.7. The molecule has 2 heterocycles. The zero-order chi connectivity index (χ0) is 51.5. The number of rotatable bonds is 12. The van der Waals surface area contributed by atoms with Gasteiger partial charge in [0.15, 0.2) is 30.2 Å². The summed E-state index contributed by atoms with van der Waals surface area (Å²) in [5, 5.41) is 113. The van der Waals surface area contributed by atoms with Gasteiger partial charge in [-0.25, -0.2) is 9.59 Å². The van der Waals surface area contributed by atoms with E-state index in [-0.39, 0.29) is 29.0 Å². The summed E-state index contributed by atoms with van der Waals surface area (Å²) in [5.74, 6) is -7.46. The van der Waals surface area contributed by atoms with E-state index in [1.54, 1.807) is 30.3 Å². The van der Waals surface area contributed by atoms with E-state index in [2.05, 4.69) is 5.32 Å². The van der Waals surface area contributed by atoms with Gasteiger partial charge in [-0.2, -0.15) is 0 Å². The summed E-state index contributed by atoms with van der Waals surface area (Å²) in [7, 11) is 2.55. The number of phenols is 3. The van der Waals surface area contributed by atoms with E-state index in [4.69, 9.17) is 28.4 Å². The number of aromatic hydroxyl groups is 3. The van der Waals surface area contributed by atoms with E-state index in [1.807, 2.05) is 0 Å². The second-order valence-electron chi connectivity index (χ2n) is 17.5. The Morgan fingerprint density at radius 1 is 0.831 bits per heavy atom. The lowest BCUT2D eigenvalue weighted by Gasteiger charge is -2.49. The Bertz CT molecular complexity index is 2790. The smallest absolute Gasteiger partial charge is 0.410 e. The fourth-order valence-electron chi connectivity index (χ4n) is 9.44. The van der Waals surface area contributed by atoms with Crippen molar-refractivity contribution < 1.29 is 103 Å². The molecule has 8 rings (SSSR count). The molecule has 0 unspecified atom stereocenters. The van der Waals surface area contributed by atoms with Gasteiger partial charge in [0.1, 0.15) is 72.3 Å². The summed E-state index contributed by atoms with van der Waals surface area (Å²) in [6, 6.07) is 9.96. The van der Waals surface area contributed by atoms with Gasteiger partial charge in [0, 0.05) is 35.4 Å². The third-order valence-electron chi connectivity index (χ3n) is 13.1. The van der Waals surface area contributed by atoms with Crippen molar-refractivity contribution in [3.05, 3.63) is 105 Å². The van der Waals surface area contributed by atoms with Crippen LogP contribution in [-0.4, -0.2) is 174 Å². The Morgan fingerprint density at radius 3 is 2.15 bits per heavy atom. The van der Waals surface area contributed by atoms with Gasteiger partial charge in [-0.05, 0) is 48.2 Å². The van der Waals surface area contributed by atoms with Crippen LogP contribution in [0.3, 0.4) is 0 Å². The predicted octanol–water partition coefficient (Wildman–Crippen LogP) is 0.410. The maximum Gasteiger partial charge on any atom is 0.410 e. The molecule has 2 amide bonds. The van der Waals surface area contributed by atoms with Gasteiger partial charge in [0.2, 0.25) is 0 Å². The molecule has 2 aliphatic carbocycles. The number of carbonyl (C=O) groups excluding carboxylic acids is 4. The van der Waals surface area contributed by atoms with Crippen LogP contribution >= 0.6 is 0 Å². The van der Waals surface area contributed by atoms with Crippen molar-refractivity contribution in [1.29, 1.82) is 0 Å². The number of aliphatic carboxylic acids is 1. The van der Waals surface area contributed by atoms with Crippen molar-refractivity contribution in [2.24, 2.45) is 0 Å². The number of ketones is 2. The Balaban J connectivity index is 1.23. The van der Waals surface area contributed by atoms with E-state index < -0.39 is 172 Å². The molecule has 11 N–H and O–H groups in total. The number of ether oxygens (including phenoxy) is 6. The molecule has 378 valence electrons. The highest BCUT2D eigenvalue weighted by Gasteiger charge is 2.53. The number of carboxylic acids is 1. The van der Waals surface area contributed by atoms with Gasteiger partial charge in [-0.3, -0.25) is 14.4 Å². The van der Waals surface area contributed by atoms with Crippen molar-refractivity contribution >= 4 is 29.5 Å². The van der Waals surface area contributed by atoms with Gasteiger partial charge < -0.3 is 89.7 Å². The Labute approximate surface area is 402 Å². The number of aliphatic hydroxyl groups excluding tert-OH is 6. The van der Waals surface area contributed by atoms with Gasteiger partial charge in [-0.1, -0.05) is 36.4 Å². The summed E-state index contributed by atoms with van der Waals surface area (Å²) in [5.41, 5.74) is -3.66. The van der Waals surface area contributed by atoms with Crippen molar-refractivity contribution in [2.45, 2.75) is 93.9 Å². The van der Waals surface area contributed by atoms with E-state index in [9.17, 15) is 75.0 Å². The molecule has 12 atom stereocenters. The SMILES string of the molecule is COc1cc(O)c2c(c1)C(=O)c1c(cc3c(c1O)-c1c(cc(C)c(C(=O)N[C@@H](CO)C(=O)O)c1O)[C@H](O[C@@H]1O[C@H](C)[C@H](N(C)C(=O)OCc4ccccc4)[C@H](O[C@@H]4OC[C@@H](O)[C@H](O)[C@H]4O)[C@H]1O)[C@H]3O)C2=O. The predicted molar refractivity (Wildman–Crippen MR) is 237 cm³/mol. The third-order valence-corrected chi connectivity index (χ3v) is 13.1. The lowest BCUT2D eigenvalue weighted by Crippen LogP contribution is -2.66. The highest BCUT2D eigenvalue weighted by molar-refractivity contribution is 6.31. The maximum atomic E-state index is 14.2. The number of fused-ring (bicyclic) bond motifs is 5. The summed E-state index contributed by atoms with van der Waals surface area (Å²) < 4.78 is 34.9. The van der Waals surface area contributed by atoms with Gasteiger partial charge in [0.25, 0.3) is 5.91 Å². The molecule has 4 aromatic carbocycles. The molecular formula is C48H50N2O21. The number of carboxylic acid groups (broad SMARTS) is 1. The topological polar surface area (TPSA) is 358 Å². The number of likely N-dealkylation sites (N-methyl/N-ethyl adjacent to an activating group) is 1. The van der Waals surface area contributed by atoms with Gasteiger partial charge >= 0.3 is 12.1 Å². The lowest BCUT2D eigenvalue weighted by molar-refractivity contribution is -0.344. The molecule has 2 fully saturated rings. The molecule has 2 aliphatic heterocycles. The fourth-order valence-corrected chi connectivity index (χ4v) is 9.44. The molecule has 0 spiro atoms. The summed E-state index contributed by atoms with van der Waals surface area (Å²) >= 11 is 0. The molecule has 0 bridgehead atoms. The minimum Gasteiger partial charge on any atom is -0.507 e. The summed E-state index contributed by atoms with van der Waals surface area (Å²) in [6.45, 7) is 1.01. The number of benzene rings is 4. The van der Waals surface area contributed by atoms with Crippen LogP contribution in [0.5, 0.6) is 23.0 Å². The standard InChI is InChI=1S/C48H50N2O21/c1-17-10-24-31(38(58)28(17)44(62)49-25(14-51)45(63)64)30-22(13-23-32(39(30)59)35(55)21-11-20(66-4)12-26(52)29(21)34(23)54)36(56)42(24)70-47-41(61)43(71-46-40(60)37(57)27(53)16-67-46)33(18(2)69-47)50(3)48(65)68-15-19-8-6-5-7-9-19/h5-13,18,25,27,33,36-37,40-43,46-47,51-53,56-61H,14-16H2,1-4H3,(H,49,62)(H,63,64)/t18-,25+,27-,33+,36+,37+,40-,41-,42+,43+,46+,47+/m1/s1. The fraction of sp³-hybridized carbons (Fsp3) is 0.396. The van der Waals surface area contributed by atoms with Crippen LogP contribution in [0, 0.1) is 6.92 Å². The number of aryl methyl sites for hydroxylation is 1. The molecule has 0 saturated carbocycles. The van der Waals surface area contributed by atoms with Crippen LogP contribution in [-0.2, 0) is 35.1 Å². The molecule has 4 aliphatic rings. The van der Waals surface area contributed by atoms with Crippen LogP contribution in [0.1, 0.15) is 83.6 Å². The van der Waals surface area contributed by atoms with Crippen LogP contribution in [0.2, 0.25) is 0 Å². The number of aliphatic hydroxyl groups is 6. The second kappa shape index (κ2) is 19.8. The minimum atomic E-state index is -2.03. The molecule has 23 nitrogen and oxygen atoms in total. The maximum absolute atomic E-state index is 14.2. The second-order valence-corrected chi connectivity index (χ2v) is 17.5. The van der Waals surface area contributed by atoms with Crippen molar-refractivity contribution in [1.82, 2.24) is 10.2 Å². The van der Waals surface area contributed by atoms with Crippen molar-refractivity contribution in [3.8, 4) is 34.1 Å². The highest BCUT2D eigenvalue weighted by Crippen LogP contribution is 2.57. The molecular weight excluding hydrogens is 941 g/mol. The number of nitrogens with one attached hydrogen (secondary N) is 1. The first-order valence-corrected chi connectivity index (χ1v) is 22.0. The molecule has 0 aromatic heterocycles. The molecule has 2 saturated heterocycles. The summed E-state index contributed by atoms with van der Waals surface area (Å²) in [4.78, 5) is 68.7. The van der Waals surface area contributed by atoms with Crippen LogP contribution in [0.15, 0.2) is 54.6 Å². The monoisotopic (exact) mass is 990 g/mol. The number of amides is 2. The van der Waals surface area contributed by atoms with Crippen molar-refractivity contribution in [2.75, 3.05) is 27.4 Å². The van der Waals surface area contributed by atoms with Crippen LogP contribution < -0.4 is 10.1 Å². The van der Waals surface area contributed by atoms with Gasteiger partial charge in [0.05, 0.1) is 49.2 Å². The first kappa shape index (κ1) is 50.6. The zero-order valence-corrected chi connectivity index (χ0v) is 38.2. The molecule has 23 heteroatoms. The first-order valence-electron chi connectivity index (χ1n) is 22.0. The largest absolute Gasteiger partial charge is 0.507 e. The molecule has 71 heavy (non-hydrogen) atoms. The van der Waals surface area contributed by atoms with E-state index in [1.165, 1.54) is 34.1 Å². The average molecular weight is 991 g/mol.